The molecule has 1 fully saturated rings. The SMILES string of the molecule is C=CCn1c(SCC(=O)CC(=O)OCC)nc2cc(C(=O)NC[C@H]3CCCO3)ccc2c1=O. The Labute approximate surface area is 195 Å². The molecule has 3 rings (SSSR count). The number of Topliss-reactive ketones (excluding diaryl/α,β-unsaturated/α-hetero) is 1. The lowest BCUT2D eigenvalue weighted by Crippen LogP contribution is -2.31. The Morgan fingerprint density at radius 1 is 1.39 bits per heavy atom. The lowest BCUT2D eigenvalue weighted by molar-refractivity contribution is -0.145. The van der Waals surface area contributed by atoms with Crippen LogP contribution in [0.4, 0.5) is 0 Å². The van der Waals surface area contributed by atoms with Crippen LogP contribution in [-0.4, -0.2) is 58.8 Å². The number of esters is 1. The lowest BCUT2D eigenvalue weighted by Gasteiger charge is -2.13. The van der Waals surface area contributed by atoms with E-state index in [1.54, 1.807) is 31.2 Å². The number of benzene rings is 1. The summed E-state index contributed by atoms with van der Waals surface area (Å²) in [5, 5.41) is 3.52. The number of aromatic nitrogens is 2. The second-order valence-corrected chi connectivity index (χ2v) is 8.43. The zero-order valence-electron chi connectivity index (χ0n) is 18.5. The number of amides is 1. The van der Waals surface area contributed by atoms with Crippen LogP contribution in [0.15, 0.2) is 40.8 Å². The van der Waals surface area contributed by atoms with Crippen molar-refractivity contribution in [2.24, 2.45) is 0 Å². The topological polar surface area (TPSA) is 117 Å². The molecule has 0 unspecified atom stereocenters. The van der Waals surface area contributed by atoms with Crippen molar-refractivity contribution in [3.05, 3.63) is 46.8 Å². The number of fused-ring (bicyclic) bond motifs is 1. The molecule has 2 heterocycles. The molecule has 1 saturated heterocycles. The van der Waals surface area contributed by atoms with Crippen molar-refractivity contribution >= 4 is 40.3 Å². The van der Waals surface area contributed by atoms with Crippen LogP contribution in [0.3, 0.4) is 0 Å². The van der Waals surface area contributed by atoms with Crippen LogP contribution in [0, 0.1) is 0 Å². The number of carbonyl (C=O) groups excluding carboxylic acids is 3. The Kier molecular flexibility index (Phi) is 8.79. The third-order valence-corrected chi connectivity index (χ3v) is 6.05. The van der Waals surface area contributed by atoms with Gasteiger partial charge >= 0.3 is 5.97 Å². The van der Waals surface area contributed by atoms with Gasteiger partial charge in [-0.05, 0) is 38.0 Å². The van der Waals surface area contributed by atoms with Gasteiger partial charge < -0.3 is 14.8 Å². The fraction of sp³-hybridized carbons (Fsp3) is 0.435. The van der Waals surface area contributed by atoms with E-state index in [0.29, 0.717) is 34.8 Å². The fourth-order valence-electron chi connectivity index (χ4n) is 3.43. The molecule has 1 atom stereocenters. The average Bonchev–Trinajstić information content (AvgIpc) is 3.31. The minimum atomic E-state index is -0.586. The highest BCUT2D eigenvalue weighted by atomic mass is 32.2. The number of hydrogen-bond acceptors (Lipinski definition) is 8. The van der Waals surface area contributed by atoms with Crippen molar-refractivity contribution in [3.8, 4) is 0 Å². The number of ketones is 1. The number of hydrogen-bond donors (Lipinski definition) is 1. The third kappa shape index (κ3) is 6.52. The van der Waals surface area contributed by atoms with Crippen LogP contribution in [0.1, 0.15) is 36.5 Å². The van der Waals surface area contributed by atoms with E-state index in [4.69, 9.17) is 9.47 Å². The fourth-order valence-corrected chi connectivity index (χ4v) is 4.29. The number of nitrogens with one attached hydrogen (secondary N) is 1. The Morgan fingerprint density at radius 3 is 2.91 bits per heavy atom. The summed E-state index contributed by atoms with van der Waals surface area (Å²) >= 11 is 1.06. The standard InChI is InChI=1S/C23H27N3O6S/c1-3-9-26-22(30)18-8-7-15(21(29)24-13-17-6-5-10-32-17)11-19(18)25-23(26)33-14-16(27)12-20(28)31-4-2/h3,7-8,11,17H,1,4-6,9-10,12-14H2,2H3,(H,24,29)/t17-/m1/s1. The average molecular weight is 474 g/mol. The minimum absolute atomic E-state index is 0.0220. The summed E-state index contributed by atoms with van der Waals surface area (Å²) in [6.45, 7) is 6.89. The number of thioether (sulfide) groups is 1. The first-order valence-electron chi connectivity index (χ1n) is 10.8. The highest BCUT2D eigenvalue weighted by Crippen LogP contribution is 2.20. The van der Waals surface area contributed by atoms with E-state index in [1.165, 1.54) is 4.57 Å². The molecular weight excluding hydrogens is 446 g/mol. The van der Waals surface area contributed by atoms with Crippen molar-refractivity contribution in [2.75, 3.05) is 25.5 Å². The van der Waals surface area contributed by atoms with Crippen molar-refractivity contribution in [2.45, 2.75) is 44.0 Å². The molecule has 10 heteroatoms. The van der Waals surface area contributed by atoms with E-state index in [9.17, 15) is 19.2 Å². The van der Waals surface area contributed by atoms with Crippen LogP contribution in [0.2, 0.25) is 0 Å². The van der Waals surface area contributed by atoms with Crippen molar-refractivity contribution in [1.82, 2.24) is 14.9 Å². The Hall–Kier alpha value is -2.98. The van der Waals surface area contributed by atoms with E-state index >= 15 is 0 Å². The maximum atomic E-state index is 13.0. The van der Waals surface area contributed by atoms with Gasteiger partial charge in [-0.1, -0.05) is 17.8 Å². The molecular formula is C23H27N3O6S. The summed E-state index contributed by atoms with van der Waals surface area (Å²) in [4.78, 5) is 53.8. The van der Waals surface area contributed by atoms with Gasteiger partial charge in [0.15, 0.2) is 10.9 Å². The Morgan fingerprint density at radius 2 is 2.21 bits per heavy atom. The second-order valence-electron chi connectivity index (χ2n) is 7.48. The Bertz CT molecular complexity index is 1110. The molecule has 1 aromatic carbocycles. The molecule has 1 amide bonds. The predicted octanol–water partition coefficient (Wildman–Crippen LogP) is 2.11. The summed E-state index contributed by atoms with van der Waals surface area (Å²) in [5.74, 6) is -1.24. The van der Waals surface area contributed by atoms with Crippen molar-refractivity contribution in [3.63, 3.8) is 0 Å². The highest BCUT2D eigenvalue weighted by molar-refractivity contribution is 7.99. The molecule has 176 valence electrons. The lowest BCUT2D eigenvalue weighted by atomic mass is 10.1. The molecule has 2 aromatic rings. The van der Waals surface area contributed by atoms with Crippen LogP contribution < -0.4 is 10.9 Å². The number of carbonyl (C=O) groups is 3. The highest BCUT2D eigenvalue weighted by Gasteiger charge is 2.18. The molecule has 0 saturated carbocycles. The maximum absolute atomic E-state index is 13.0. The van der Waals surface area contributed by atoms with Gasteiger partial charge in [0, 0.05) is 25.3 Å². The first-order chi connectivity index (χ1) is 15.9. The molecule has 0 aliphatic carbocycles. The molecule has 1 N–H and O–H groups in total. The Balaban J connectivity index is 1.80. The van der Waals surface area contributed by atoms with Crippen LogP contribution in [0.25, 0.3) is 10.9 Å². The molecule has 0 bridgehead atoms. The van der Waals surface area contributed by atoms with Gasteiger partial charge in [-0.2, -0.15) is 0 Å². The molecule has 9 nitrogen and oxygen atoms in total. The summed E-state index contributed by atoms with van der Waals surface area (Å²) in [6.07, 6.45) is 3.15. The monoisotopic (exact) mass is 473 g/mol. The quantitative estimate of drug-likeness (QED) is 0.173. The smallest absolute Gasteiger partial charge is 0.313 e. The summed E-state index contributed by atoms with van der Waals surface area (Å²) < 4.78 is 11.7. The zero-order valence-corrected chi connectivity index (χ0v) is 19.3. The van der Waals surface area contributed by atoms with Crippen molar-refractivity contribution < 1.29 is 23.9 Å². The maximum Gasteiger partial charge on any atom is 0.313 e. The molecule has 0 spiro atoms. The third-order valence-electron chi connectivity index (χ3n) is 5.02. The zero-order chi connectivity index (χ0) is 23.8. The van der Waals surface area contributed by atoms with E-state index < -0.39 is 5.97 Å². The van der Waals surface area contributed by atoms with Gasteiger partial charge in [0.05, 0.1) is 29.4 Å². The van der Waals surface area contributed by atoms with E-state index in [2.05, 4.69) is 16.9 Å². The first-order valence-corrected chi connectivity index (χ1v) is 11.8. The van der Waals surface area contributed by atoms with E-state index in [-0.39, 0.29) is 48.7 Å². The van der Waals surface area contributed by atoms with Crippen molar-refractivity contribution in [1.29, 1.82) is 0 Å². The van der Waals surface area contributed by atoms with E-state index in [1.807, 2.05) is 0 Å². The van der Waals surface area contributed by atoms with Crippen LogP contribution >= 0.6 is 11.8 Å². The van der Waals surface area contributed by atoms with Gasteiger partial charge in [-0.25, -0.2) is 4.98 Å². The minimum Gasteiger partial charge on any atom is -0.466 e. The summed E-state index contributed by atoms with van der Waals surface area (Å²) in [5.41, 5.74) is 0.431. The van der Waals surface area contributed by atoms with E-state index in [0.717, 1.165) is 24.6 Å². The summed E-state index contributed by atoms with van der Waals surface area (Å²) in [7, 11) is 0. The van der Waals surface area contributed by atoms with Gasteiger partial charge in [-0.15, -0.1) is 6.58 Å². The van der Waals surface area contributed by atoms with Crippen LogP contribution in [-0.2, 0) is 25.6 Å². The van der Waals surface area contributed by atoms with Gasteiger partial charge in [-0.3, -0.25) is 23.7 Å². The second kappa shape index (κ2) is 11.8. The predicted molar refractivity (Wildman–Crippen MR) is 124 cm³/mol. The molecule has 1 aliphatic heterocycles. The van der Waals surface area contributed by atoms with Gasteiger partial charge in [0.25, 0.3) is 11.5 Å². The van der Waals surface area contributed by atoms with Gasteiger partial charge in [0.2, 0.25) is 0 Å². The number of rotatable bonds is 11. The normalized spacial score (nSPS) is 15.4. The molecule has 1 aliphatic rings. The first kappa shape index (κ1) is 24.7. The summed E-state index contributed by atoms with van der Waals surface area (Å²) in [6, 6.07) is 4.72. The largest absolute Gasteiger partial charge is 0.466 e. The molecule has 33 heavy (non-hydrogen) atoms. The van der Waals surface area contributed by atoms with Crippen LogP contribution in [0.5, 0.6) is 0 Å². The van der Waals surface area contributed by atoms with Gasteiger partial charge in [0.1, 0.15) is 6.42 Å². The number of ether oxygens (including phenoxy) is 2. The molecule has 0 radical (unpaired) electrons. The molecule has 1 aromatic heterocycles. The number of nitrogens with zero attached hydrogens (tertiary/aromatic N) is 2. The number of allylic oxidation sites excluding steroid dienone is 1.